The van der Waals surface area contributed by atoms with Crippen LogP contribution >= 0.6 is 0 Å². The van der Waals surface area contributed by atoms with Crippen molar-refractivity contribution in [2.24, 2.45) is 0 Å². The lowest BCUT2D eigenvalue weighted by molar-refractivity contribution is -0.114. The van der Waals surface area contributed by atoms with Gasteiger partial charge in [-0.05, 0) is 56.0 Å². The van der Waals surface area contributed by atoms with Gasteiger partial charge in [0.05, 0.1) is 12.6 Å². The third-order valence-corrected chi connectivity index (χ3v) is 4.84. The van der Waals surface area contributed by atoms with Gasteiger partial charge in [-0.25, -0.2) is 0 Å². The molecule has 6 heteroatoms. The fraction of sp³-hybridized carbons (Fsp3) is 0.364. The molecule has 0 radical (unpaired) electrons. The van der Waals surface area contributed by atoms with E-state index >= 15 is 0 Å². The van der Waals surface area contributed by atoms with E-state index in [9.17, 15) is 9.59 Å². The molecule has 3 rings (SSSR count). The number of nitrogens with one attached hydrogen (secondary N) is 3. The number of hydrogen-bond donors (Lipinski definition) is 3. The Labute approximate surface area is 165 Å². The lowest BCUT2D eigenvalue weighted by atomic mass is 10.1. The van der Waals surface area contributed by atoms with Crippen LogP contribution < -0.4 is 16.0 Å². The molecule has 1 atom stereocenters. The highest BCUT2D eigenvalue weighted by molar-refractivity contribution is 5.96. The van der Waals surface area contributed by atoms with Gasteiger partial charge in [0.2, 0.25) is 5.91 Å². The maximum absolute atomic E-state index is 12.3. The van der Waals surface area contributed by atoms with E-state index in [0.717, 1.165) is 42.0 Å². The summed E-state index contributed by atoms with van der Waals surface area (Å²) in [4.78, 5) is 24.6. The van der Waals surface area contributed by atoms with E-state index in [1.54, 1.807) is 18.2 Å². The number of rotatable bonds is 7. The number of anilines is 2. The van der Waals surface area contributed by atoms with Gasteiger partial charge in [-0.3, -0.25) is 9.59 Å². The third kappa shape index (κ3) is 5.33. The van der Waals surface area contributed by atoms with Gasteiger partial charge in [-0.2, -0.15) is 0 Å². The zero-order valence-corrected chi connectivity index (χ0v) is 16.4. The smallest absolute Gasteiger partial charge is 0.251 e. The van der Waals surface area contributed by atoms with Gasteiger partial charge in [0.1, 0.15) is 0 Å². The maximum atomic E-state index is 12.3. The van der Waals surface area contributed by atoms with E-state index in [1.807, 2.05) is 38.1 Å². The molecule has 1 heterocycles. The molecule has 2 aromatic carbocycles. The van der Waals surface area contributed by atoms with Crippen LogP contribution in [0.4, 0.5) is 11.4 Å². The number of carbonyl (C=O) groups excluding carboxylic acids is 2. The van der Waals surface area contributed by atoms with Crippen molar-refractivity contribution in [1.82, 2.24) is 5.32 Å². The molecule has 2 amide bonds. The summed E-state index contributed by atoms with van der Waals surface area (Å²) in [7, 11) is 0. The topological polar surface area (TPSA) is 79.5 Å². The summed E-state index contributed by atoms with van der Waals surface area (Å²) in [6.45, 7) is 5.34. The first-order valence-corrected chi connectivity index (χ1v) is 9.63. The Morgan fingerprint density at radius 1 is 1.11 bits per heavy atom. The minimum Gasteiger partial charge on any atom is -0.376 e. The normalized spacial score (nSPS) is 15.9. The van der Waals surface area contributed by atoms with Crippen LogP contribution in [0.1, 0.15) is 34.3 Å². The maximum Gasteiger partial charge on any atom is 0.251 e. The number of carbonyl (C=O) groups is 2. The van der Waals surface area contributed by atoms with Crippen LogP contribution in [0.15, 0.2) is 42.5 Å². The molecule has 1 saturated heterocycles. The molecule has 1 unspecified atom stereocenters. The van der Waals surface area contributed by atoms with E-state index in [4.69, 9.17) is 4.74 Å². The Hall–Kier alpha value is -2.86. The van der Waals surface area contributed by atoms with Crippen LogP contribution in [0, 0.1) is 13.8 Å². The average Bonchev–Trinajstić information content (AvgIpc) is 3.21. The van der Waals surface area contributed by atoms with E-state index in [-0.39, 0.29) is 24.5 Å². The standard InChI is InChI=1S/C22H27N3O3/c1-15-6-3-7-16(2)21(15)25-20(26)14-23-18-9-4-8-17(12-18)22(27)24-13-19-10-5-11-28-19/h3-4,6-9,12,19,23H,5,10-11,13-14H2,1-2H3,(H,24,27)(H,25,26). The molecule has 0 aliphatic carbocycles. The van der Waals surface area contributed by atoms with Crippen LogP contribution in [0.2, 0.25) is 0 Å². The zero-order valence-electron chi connectivity index (χ0n) is 16.4. The van der Waals surface area contributed by atoms with Gasteiger partial charge in [-0.1, -0.05) is 24.3 Å². The molecular weight excluding hydrogens is 354 g/mol. The largest absolute Gasteiger partial charge is 0.376 e. The molecule has 2 aromatic rings. The summed E-state index contributed by atoms with van der Waals surface area (Å²) in [6, 6.07) is 13.0. The SMILES string of the molecule is Cc1cccc(C)c1NC(=O)CNc1cccc(C(=O)NCC2CCCO2)c1. The van der Waals surface area contributed by atoms with Crippen LogP contribution in [-0.4, -0.2) is 37.6 Å². The van der Waals surface area contributed by atoms with E-state index in [0.29, 0.717) is 12.1 Å². The third-order valence-electron chi connectivity index (χ3n) is 4.84. The quantitative estimate of drug-likeness (QED) is 0.688. The molecule has 3 N–H and O–H groups in total. The van der Waals surface area contributed by atoms with Crippen molar-refractivity contribution in [3.63, 3.8) is 0 Å². The molecule has 0 spiro atoms. The molecule has 6 nitrogen and oxygen atoms in total. The Morgan fingerprint density at radius 2 is 1.86 bits per heavy atom. The predicted molar refractivity (Wildman–Crippen MR) is 111 cm³/mol. The number of amides is 2. The highest BCUT2D eigenvalue weighted by Crippen LogP contribution is 2.19. The monoisotopic (exact) mass is 381 g/mol. The van der Waals surface area contributed by atoms with Gasteiger partial charge < -0.3 is 20.7 Å². The fourth-order valence-electron chi connectivity index (χ4n) is 3.26. The summed E-state index contributed by atoms with van der Waals surface area (Å²) in [5.74, 6) is -0.273. The van der Waals surface area contributed by atoms with Crippen molar-refractivity contribution in [2.45, 2.75) is 32.8 Å². The van der Waals surface area contributed by atoms with Crippen molar-refractivity contribution >= 4 is 23.2 Å². The fourth-order valence-corrected chi connectivity index (χ4v) is 3.26. The second-order valence-corrected chi connectivity index (χ2v) is 7.09. The first-order chi connectivity index (χ1) is 13.5. The van der Waals surface area contributed by atoms with Crippen LogP contribution in [0.5, 0.6) is 0 Å². The van der Waals surface area contributed by atoms with Crippen molar-refractivity contribution in [3.8, 4) is 0 Å². The van der Waals surface area contributed by atoms with Crippen molar-refractivity contribution in [1.29, 1.82) is 0 Å². The first-order valence-electron chi connectivity index (χ1n) is 9.63. The molecule has 1 fully saturated rings. The zero-order chi connectivity index (χ0) is 19.9. The molecule has 1 aliphatic rings. The average molecular weight is 381 g/mol. The van der Waals surface area contributed by atoms with Gasteiger partial charge in [-0.15, -0.1) is 0 Å². The number of hydrogen-bond acceptors (Lipinski definition) is 4. The highest BCUT2D eigenvalue weighted by atomic mass is 16.5. The number of para-hydroxylation sites is 1. The Morgan fingerprint density at radius 3 is 2.57 bits per heavy atom. The predicted octanol–water partition coefficient (Wildman–Crippen LogP) is 3.26. The molecule has 0 bridgehead atoms. The van der Waals surface area contributed by atoms with Crippen molar-refractivity contribution in [3.05, 3.63) is 59.2 Å². The molecule has 0 aromatic heterocycles. The Balaban J connectivity index is 1.52. The number of benzene rings is 2. The van der Waals surface area contributed by atoms with Crippen molar-refractivity contribution in [2.75, 3.05) is 30.3 Å². The van der Waals surface area contributed by atoms with Gasteiger partial charge in [0.25, 0.3) is 5.91 Å². The molecular formula is C22H27N3O3. The van der Waals surface area contributed by atoms with Crippen LogP contribution in [-0.2, 0) is 9.53 Å². The molecule has 148 valence electrons. The van der Waals surface area contributed by atoms with Crippen LogP contribution in [0.25, 0.3) is 0 Å². The number of ether oxygens (including phenoxy) is 1. The summed E-state index contributed by atoms with van der Waals surface area (Å²) < 4.78 is 5.52. The lowest BCUT2D eigenvalue weighted by Gasteiger charge is -2.13. The minimum absolute atomic E-state index is 0.110. The lowest BCUT2D eigenvalue weighted by Crippen LogP contribution is -2.31. The summed E-state index contributed by atoms with van der Waals surface area (Å²) in [5, 5.41) is 8.93. The highest BCUT2D eigenvalue weighted by Gasteiger charge is 2.16. The minimum atomic E-state index is -0.140. The Kier molecular flexibility index (Phi) is 6.66. The van der Waals surface area contributed by atoms with Gasteiger partial charge in [0.15, 0.2) is 0 Å². The second kappa shape index (κ2) is 9.37. The van der Waals surface area contributed by atoms with E-state index in [2.05, 4.69) is 16.0 Å². The first kappa shape index (κ1) is 19.9. The van der Waals surface area contributed by atoms with E-state index < -0.39 is 0 Å². The molecule has 28 heavy (non-hydrogen) atoms. The summed E-state index contributed by atoms with van der Waals surface area (Å²) >= 11 is 0. The number of aryl methyl sites for hydroxylation is 2. The summed E-state index contributed by atoms with van der Waals surface area (Å²) in [6.07, 6.45) is 2.14. The Bertz CT molecular complexity index is 824. The molecule has 0 saturated carbocycles. The van der Waals surface area contributed by atoms with Gasteiger partial charge >= 0.3 is 0 Å². The van der Waals surface area contributed by atoms with E-state index in [1.165, 1.54) is 0 Å². The molecule has 1 aliphatic heterocycles. The van der Waals surface area contributed by atoms with Crippen molar-refractivity contribution < 1.29 is 14.3 Å². The second-order valence-electron chi connectivity index (χ2n) is 7.09. The van der Waals surface area contributed by atoms with Gasteiger partial charge in [0, 0.05) is 30.1 Å². The van der Waals surface area contributed by atoms with Crippen LogP contribution in [0.3, 0.4) is 0 Å². The summed E-state index contributed by atoms with van der Waals surface area (Å²) in [5.41, 5.74) is 4.17.